The monoisotopic (exact) mass is 303 g/mol. The van der Waals surface area contributed by atoms with Gasteiger partial charge in [-0.25, -0.2) is 0 Å². The van der Waals surface area contributed by atoms with Crippen LogP contribution in [-0.2, 0) is 11.3 Å². The molecule has 1 aromatic carbocycles. The summed E-state index contributed by atoms with van der Waals surface area (Å²) >= 11 is 0. The fourth-order valence-electron chi connectivity index (χ4n) is 2.98. The van der Waals surface area contributed by atoms with E-state index in [1.54, 1.807) is 0 Å². The summed E-state index contributed by atoms with van der Waals surface area (Å²) in [5.41, 5.74) is 1.39. The topological polar surface area (TPSA) is 35.6 Å². The third-order valence-electron chi connectivity index (χ3n) is 4.13. The Kier molecular flexibility index (Phi) is 6.87. The zero-order chi connectivity index (χ0) is 15.8. The van der Waals surface area contributed by atoms with Crippen LogP contribution in [0.4, 0.5) is 0 Å². The van der Waals surface area contributed by atoms with E-state index < -0.39 is 0 Å². The van der Waals surface area contributed by atoms with Crippen molar-refractivity contribution >= 4 is 5.91 Å². The summed E-state index contributed by atoms with van der Waals surface area (Å²) in [7, 11) is 0. The lowest BCUT2D eigenvalue weighted by atomic mass is 10.2. The molecule has 0 radical (unpaired) electrons. The molecule has 1 aliphatic heterocycles. The predicted molar refractivity (Wildman–Crippen MR) is 90.7 cm³/mol. The number of benzene rings is 1. The Bertz CT molecular complexity index is 441. The number of piperazine rings is 1. The van der Waals surface area contributed by atoms with Gasteiger partial charge < -0.3 is 5.32 Å². The normalized spacial score (nSPS) is 18.1. The molecule has 0 saturated carbocycles. The highest BCUT2D eigenvalue weighted by atomic mass is 16.1. The first-order chi connectivity index (χ1) is 10.7. The molecule has 1 aliphatic rings. The summed E-state index contributed by atoms with van der Waals surface area (Å²) < 4.78 is 0. The first-order valence-electron chi connectivity index (χ1n) is 8.45. The van der Waals surface area contributed by atoms with Crippen LogP contribution in [0.2, 0.25) is 0 Å². The number of rotatable bonds is 7. The average molecular weight is 303 g/mol. The summed E-state index contributed by atoms with van der Waals surface area (Å²) in [5.74, 6) is 0.178. The maximum Gasteiger partial charge on any atom is 0.220 e. The van der Waals surface area contributed by atoms with Crippen molar-refractivity contribution in [2.45, 2.75) is 39.3 Å². The molecule has 122 valence electrons. The molecule has 1 aromatic rings. The Hall–Kier alpha value is -1.39. The Balaban J connectivity index is 1.67. The molecule has 0 spiro atoms. The van der Waals surface area contributed by atoms with Gasteiger partial charge in [0.25, 0.3) is 0 Å². The van der Waals surface area contributed by atoms with Crippen molar-refractivity contribution in [2.75, 3.05) is 32.7 Å². The summed E-state index contributed by atoms with van der Waals surface area (Å²) in [4.78, 5) is 16.6. The highest BCUT2D eigenvalue weighted by molar-refractivity contribution is 5.76. The van der Waals surface area contributed by atoms with Gasteiger partial charge in [-0.3, -0.25) is 14.6 Å². The second kappa shape index (κ2) is 8.91. The largest absolute Gasteiger partial charge is 0.352 e. The number of amides is 1. The van der Waals surface area contributed by atoms with Gasteiger partial charge in [0.1, 0.15) is 0 Å². The van der Waals surface area contributed by atoms with Crippen molar-refractivity contribution in [1.29, 1.82) is 0 Å². The lowest BCUT2D eigenvalue weighted by Gasteiger charge is -2.36. The van der Waals surface area contributed by atoms with Crippen LogP contribution in [0.25, 0.3) is 0 Å². The molecular weight excluding hydrogens is 274 g/mol. The van der Waals surface area contributed by atoms with Crippen LogP contribution >= 0.6 is 0 Å². The van der Waals surface area contributed by atoms with E-state index in [2.05, 4.69) is 52.4 Å². The second-order valence-electron chi connectivity index (χ2n) is 6.28. The molecule has 0 aliphatic carbocycles. The number of hydrogen-bond donors (Lipinski definition) is 1. The minimum Gasteiger partial charge on any atom is -0.352 e. The van der Waals surface area contributed by atoms with Crippen molar-refractivity contribution in [3.05, 3.63) is 35.9 Å². The van der Waals surface area contributed by atoms with E-state index in [-0.39, 0.29) is 11.9 Å². The summed E-state index contributed by atoms with van der Waals surface area (Å²) in [6, 6.07) is 10.9. The van der Waals surface area contributed by atoms with E-state index in [0.717, 1.165) is 45.7 Å². The van der Waals surface area contributed by atoms with E-state index in [1.807, 2.05) is 6.92 Å². The SMILES string of the molecule is CCCC(=O)N[C@@H](C)CN1CCN(Cc2ccccc2)CC1. The van der Waals surface area contributed by atoms with Gasteiger partial charge in [0.15, 0.2) is 0 Å². The van der Waals surface area contributed by atoms with Crippen molar-refractivity contribution in [2.24, 2.45) is 0 Å². The Morgan fingerprint density at radius 3 is 2.41 bits per heavy atom. The van der Waals surface area contributed by atoms with Crippen molar-refractivity contribution in [3.8, 4) is 0 Å². The molecule has 1 fully saturated rings. The van der Waals surface area contributed by atoms with E-state index in [9.17, 15) is 4.79 Å². The maximum atomic E-state index is 11.6. The zero-order valence-corrected chi connectivity index (χ0v) is 13.9. The van der Waals surface area contributed by atoms with Crippen LogP contribution in [0, 0.1) is 0 Å². The Morgan fingerprint density at radius 1 is 1.14 bits per heavy atom. The fraction of sp³-hybridized carbons (Fsp3) is 0.611. The molecule has 0 aromatic heterocycles. The quantitative estimate of drug-likeness (QED) is 0.838. The lowest BCUT2D eigenvalue weighted by molar-refractivity contribution is -0.121. The van der Waals surface area contributed by atoms with E-state index in [0.29, 0.717) is 6.42 Å². The number of nitrogens with zero attached hydrogens (tertiary/aromatic N) is 2. The predicted octanol–water partition coefficient (Wildman–Crippen LogP) is 2.11. The van der Waals surface area contributed by atoms with Gasteiger partial charge in [-0.1, -0.05) is 37.3 Å². The van der Waals surface area contributed by atoms with Crippen LogP contribution in [0.5, 0.6) is 0 Å². The molecule has 1 amide bonds. The Labute approximate surface area is 134 Å². The molecular formula is C18H29N3O. The molecule has 4 heteroatoms. The van der Waals surface area contributed by atoms with Crippen LogP contribution in [-0.4, -0.2) is 54.5 Å². The summed E-state index contributed by atoms with van der Waals surface area (Å²) in [6.45, 7) is 10.5. The van der Waals surface area contributed by atoms with Crippen molar-refractivity contribution < 1.29 is 4.79 Å². The highest BCUT2D eigenvalue weighted by Gasteiger charge is 2.19. The molecule has 0 bridgehead atoms. The lowest BCUT2D eigenvalue weighted by Crippen LogP contribution is -2.50. The van der Waals surface area contributed by atoms with Gasteiger partial charge in [-0.05, 0) is 18.9 Å². The van der Waals surface area contributed by atoms with Crippen LogP contribution < -0.4 is 5.32 Å². The number of nitrogens with one attached hydrogen (secondary N) is 1. The number of carbonyl (C=O) groups excluding carboxylic acids is 1. The third-order valence-corrected chi connectivity index (χ3v) is 4.13. The average Bonchev–Trinajstić information content (AvgIpc) is 2.50. The van der Waals surface area contributed by atoms with Gasteiger partial charge in [0.2, 0.25) is 5.91 Å². The van der Waals surface area contributed by atoms with E-state index in [1.165, 1.54) is 5.56 Å². The molecule has 4 nitrogen and oxygen atoms in total. The van der Waals surface area contributed by atoms with Crippen LogP contribution in [0.15, 0.2) is 30.3 Å². The highest BCUT2D eigenvalue weighted by Crippen LogP contribution is 2.08. The van der Waals surface area contributed by atoms with Crippen LogP contribution in [0.3, 0.4) is 0 Å². The van der Waals surface area contributed by atoms with Crippen molar-refractivity contribution in [3.63, 3.8) is 0 Å². The second-order valence-corrected chi connectivity index (χ2v) is 6.28. The third kappa shape index (κ3) is 5.78. The molecule has 0 unspecified atom stereocenters. The molecule has 22 heavy (non-hydrogen) atoms. The molecule has 1 saturated heterocycles. The number of hydrogen-bond acceptors (Lipinski definition) is 3. The first kappa shape index (κ1) is 17.0. The minimum atomic E-state index is 0.178. The molecule has 1 heterocycles. The molecule has 2 rings (SSSR count). The van der Waals surface area contributed by atoms with Gasteiger partial charge >= 0.3 is 0 Å². The zero-order valence-electron chi connectivity index (χ0n) is 13.9. The van der Waals surface area contributed by atoms with Crippen molar-refractivity contribution in [1.82, 2.24) is 15.1 Å². The summed E-state index contributed by atoms with van der Waals surface area (Å²) in [6.07, 6.45) is 1.55. The van der Waals surface area contributed by atoms with Gasteiger partial charge in [0.05, 0.1) is 0 Å². The van der Waals surface area contributed by atoms with E-state index in [4.69, 9.17) is 0 Å². The van der Waals surface area contributed by atoms with Crippen LogP contribution in [0.1, 0.15) is 32.3 Å². The summed E-state index contributed by atoms with van der Waals surface area (Å²) in [5, 5.41) is 3.08. The Morgan fingerprint density at radius 2 is 1.77 bits per heavy atom. The standard InChI is InChI=1S/C18H29N3O/c1-3-7-18(22)19-16(2)14-20-10-12-21(13-11-20)15-17-8-5-4-6-9-17/h4-6,8-9,16H,3,7,10-15H2,1-2H3,(H,19,22)/t16-/m0/s1. The fourth-order valence-corrected chi connectivity index (χ4v) is 2.98. The van der Waals surface area contributed by atoms with E-state index >= 15 is 0 Å². The smallest absolute Gasteiger partial charge is 0.220 e. The first-order valence-corrected chi connectivity index (χ1v) is 8.45. The van der Waals surface area contributed by atoms with Gasteiger partial charge in [-0.2, -0.15) is 0 Å². The van der Waals surface area contributed by atoms with Gasteiger partial charge in [-0.15, -0.1) is 0 Å². The molecule has 1 atom stereocenters. The number of carbonyl (C=O) groups is 1. The molecule has 1 N–H and O–H groups in total. The maximum absolute atomic E-state index is 11.6. The minimum absolute atomic E-state index is 0.178. The van der Waals surface area contributed by atoms with Gasteiger partial charge in [0, 0.05) is 51.7 Å².